The third-order valence-corrected chi connectivity index (χ3v) is 2.57. The molecule has 0 spiro atoms. The Labute approximate surface area is 115 Å². The van der Waals surface area contributed by atoms with Gasteiger partial charge >= 0.3 is 0 Å². The third kappa shape index (κ3) is 4.12. The number of rotatable bonds is 6. The van der Waals surface area contributed by atoms with E-state index in [9.17, 15) is 8.78 Å². The molecule has 0 aliphatic heterocycles. The van der Waals surface area contributed by atoms with Gasteiger partial charge in [-0.15, -0.1) is 0 Å². The predicted molar refractivity (Wildman–Crippen MR) is 72.8 cm³/mol. The SMILES string of the molecule is Nc1ccccc1OCCCOc1cc(F)cc(F)c1. The molecule has 0 saturated carbocycles. The molecule has 0 aliphatic carbocycles. The second-order valence-corrected chi connectivity index (χ2v) is 4.19. The first-order chi connectivity index (χ1) is 9.65. The second kappa shape index (κ2) is 6.75. The van der Waals surface area contributed by atoms with Crippen molar-refractivity contribution >= 4 is 5.69 Å². The monoisotopic (exact) mass is 279 g/mol. The van der Waals surface area contributed by atoms with Gasteiger partial charge in [0.05, 0.1) is 18.9 Å². The third-order valence-electron chi connectivity index (χ3n) is 2.57. The maximum Gasteiger partial charge on any atom is 0.142 e. The average Bonchev–Trinajstić information content (AvgIpc) is 2.39. The Bertz CT molecular complexity index is 555. The molecule has 0 bridgehead atoms. The summed E-state index contributed by atoms with van der Waals surface area (Å²) in [6.07, 6.45) is 0.576. The van der Waals surface area contributed by atoms with Crippen molar-refractivity contribution in [3.05, 3.63) is 54.1 Å². The normalized spacial score (nSPS) is 10.3. The molecule has 0 aliphatic rings. The van der Waals surface area contributed by atoms with E-state index in [4.69, 9.17) is 15.2 Å². The summed E-state index contributed by atoms with van der Waals surface area (Å²) in [5, 5.41) is 0. The largest absolute Gasteiger partial charge is 0.493 e. The van der Waals surface area contributed by atoms with E-state index >= 15 is 0 Å². The van der Waals surface area contributed by atoms with Crippen molar-refractivity contribution < 1.29 is 18.3 Å². The summed E-state index contributed by atoms with van der Waals surface area (Å²) in [6, 6.07) is 10.3. The summed E-state index contributed by atoms with van der Waals surface area (Å²) >= 11 is 0. The van der Waals surface area contributed by atoms with Gasteiger partial charge in [0.15, 0.2) is 0 Å². The van der Waals surface area contributed by atoms with E-state index in [1.807, 2.05) is 12.1 Å². The zero-order valence-corrected chi connectivity index (χ0v) is 10.8. The van der Waals surface area contributed by atoms with Crippen LogP contribution in [0.5, 0.6) is 11.5 Å². The maximum absolute atomic E-state index is 12.9. The maximum atomic E-state index is 12.9. The van der Waals surface area contributed by atoms with Gasteiger partial charge in [0, 0.05) is 24.6 Å². The van der Waals surface area contributed by atoms with Crippen molar-refractivity contribution in [2.45, 2.75) is 6.42 Å². The molecule has 106 valence electrons. The Balaban J connectivity index is 1.73. The quantitative estimate of drug-likeness (QED) is 0.651. The zero-order valence-electron chi connectivity index (χ0n) is 10.8. The molecule has 0 amide bonds. The minimum Gasteiger partial charge on any atom is -0.493 e. The minimum atomic E-state index is -0.659. The average molecular weight is 279 g/mol. The van der Waals surface area contributed by atoms with Gasteiger partial charge in [0.2, 0.25) is 0 Å². The number of hydrogen-bond donors (Lipinski definition) is 1. The lowest BCUT2D eigenvalue weighted by molar-refractivity contribution is 0.247. The highest BCUT2D eigenvalue weighted by Gasteiger charge is 2.02. The summed E-state index contributed by atoms with van der Waals surface area (Å²) < 4.78 is 36.5. The smallest absolute Gasteiger partial charge is 0.142 e. The topological polar surface area (TPSA) is 44.5 Å². The van der Waals surface area contributed by atoms with Crippen molar-refractivity contribution in [1.82, 2.24) is 0 Å². The first kappa shape index (κ1) is 14.1. The summed E-state index contributed by atoms with van der Waals surface area (Å²) in [4.78, 5) is 0. The van der Waals surface area contributed by atoms with Crippen LogP contribution in [0.25, 0.3) is 0 Å². The molecule has 2 rings (SSSR count). The molecule has 0 aromatic heterocycles. The molecule has 0 radical (unpaired) electrons. The van der Waals surface area contributed by atoms with Crippen LogP contribution in [0.3, 0.4) is 0 Å². The van der Waals surface area contributed by atoms with Crippen LogP contribution in [0.15, 0.2) is 42.5 Å². The van der Waals surface area contributed by atoms with Gasteiger partial charge in [0.1, 0.15) is 23.1 Å². The fraction of sp³-hybridized carbons (Fsp3) is 0.200. The Hall–Kier alpha value is -2.30. The van der Waals surface area contributed by atoms with Gasteiger partial charge in [-0.05, 0) is 12.1 Å². The van der Waals surface area contributed by atoms with E-state index < -0.39 is 11.6 Å². The van der Waals surface area contributed by atoms with Crippen LogP contribution in [-0.4, -0.2) is 13.2 Å². The molecule has 2 aromatic carbocycles. The van der Waals surface area contributed by atoms with Crippen molar-refractivity contribution in [2.24, 2.45) is 0 Å². The summed E-state index contributed by atoms with van der Waals surface area (Å²) in [6.45, 7) is 0.710. The first-order valence-corrected chi connectivity index (χ1v) is 6.21. The Kier molecular flexibility index (Phi) is 4.76. The number of anilines is 1. The number of nitrogens with two attached hydrogens (primary N) is 1. The molecule has 2 aromatic rings. The number of nitrogen functional groups attached to an aromatic ring is 1. The van der Waals surface area contributed by atoms with Crippen LogP contribution in [0.2, 0.25) is 0 Å². The standard InChI is InChI=1S/C15H15F2NO2/c16-11-8-12(17)10-13(9-11)19-6-3-7-20-15-5-2-1-4-14(15)18/h1-2,4-5,8-10H,3,6-7,18H2. The van der Waals surface area contributed by atoms with E-state index in [1.54, 1.807) is 12.1 Å². The Morgan fingerprint density at radius 1 is 0.900 bits per heavy atom. The lowest BCUT2D eigenvalue weighted by Crippen LogP contribution is -2.06. The van der Waals surface area contributed by atoms with Crippen LogP contribution in [0.4, 0.5) is 14.5 Å². The van der Waals surface area contributed by atoms with E-state index in [-0.39, 0.29) is 5.75 Å². The van der Waals surface area contributed by atoms with Gasteiger partial charge in [-0.1, -0.05) is 12.1 Å². The molecule has 2 N–H and O–H groups in total. The lowest BCUT2D eigenvalue weighted by Gasteiger charge is -2.09. The number of ether oxygens (including phenoxy) is 2. The van der Waals surface area contributed by atoms with Crippen LogP contribution in [0, 0.1) is 11.6 Å². The van der Waals surface area contributed by atoms with Crippen LogP contribution in [-0.2, 0) is 0 Å². The van der Waals surface area contributed by atoms with Crippen LogP contribution in [0.1, 0.15) is 6.42 Å². The van der Waals surface area contributed by atoms with Crippen molar-refractivity contribution in [1.29, 1.82) is 0 Å². The molecule has 0 unspecified atom stereocenters. The second-order valence-electron chi connectivity index (χ2n) is 4.19. The van der Waals surface area contributed by atoms with Gasteiger partial charge < -0.3 is 15.2 Å². The highest BCUT2D eigenvalue weighted by atomic mass is 19.1. The molecule has 3 nitrogen and oxygen atoms in total. The van der Waals surface area contributed by atoms with E-state index in [2.05, 4.69) is 0 Å². The lowest BCUT2D eigenvalue weighted by atomic mass is 10.3. The molecule has 0 heterocycles. The zero-order chi connectivity index (χ0) is 14.4. The van der Waals surface area contributed by atoms with Gasteiger partial charge in [-0.3, -0.25) is 0 Å². The van der Waals surface area contributed by atoms with Crippen molar-refractivity contribution in [3.63, 3.8) is 0 Å². The van der Waals surface area contributed by atoms with E-state index in [1.165, 1.54) is 0 Å². The van der Waals surface area contributed by atoms with Crippen molar-refractivity contribution in [2.75, 3.05) is 18.9 Å². The molecule has 20 heavy (non-hydrogen) atoms. The summed E-state index contributed by atoms with van der Waals surface area (Å²) in [5.74, 6) is -0.535. The summed E-state index contributed by atoms with van der Waals surface area (Å²) in [5.41, 5.74) is 6.29. The van der Waals surface area contributed by atoms with Gasteiger partial charge in [-0.2, -0.15) is 0 Å². The molecule has 0 fully saturated rings. The number of hydrogen-bond acceptors (Lipinski definition) is 3. The number of benzene rings is 2. The van der Waals surface area contributed by atoms with Gasteiger partial charge in [0.25, 0.3) is 0 Å². The molecular formula is C15H15F2NO2. The highest BCUT2D eigenvalue weighted by Crippen LogP contribution is 2.20. The predicted octanol–water partition coefficient (Wildman–Crippen LogP) is 3.39. The first-order valence-electron chi connectivity index (χ1n) is 6.21. The molecule has 0 saturated heterocycles. The fourth-order valence-electron chi connectivity index (χ4n) is 1.65. The van der Waals surface area contributed by atoms with Crippen molar-refractivity contribution in [3.8, 4) is 11.5 Å². The van der Waals surface area contributed by atoms with Crippen LogP contribution < -0.4 is 15.2 Å². The Morgan fingerprint density at radius 3 is 2.25 bits per heavy atom. The fourth-order valence-corrected chi connectivity index (χ4v) is 1.65. The molecule has 5 heteroatoms. The number of halogens is 2. The van der Waals surface area contributed by atoms with E-state index in [0.29, 0.717) is 31.1 Å². The van der Waals surface area contributed by atoms with E-state index in [0.717, 1.165) is 18.2 Å². The number of para-hydroxylation sites is 2. The minimum absolute atomic E-state index is 0.168. The highest BCUT2D eigenvalue weighted by molar-refractivity contribution is 5.51. The van der Waals surface area contributed by atoms with Gasteiger partial charge in [-0.25, -0.2) is 8.78 Å². The Morgan fingerprint density at radius 2 is 1.55 bits per heavy atom. The van der Waals surface area contributed by atoms with Crippen LogP contribution >= 0.6 is 0 Å². The summed E-state index contributed by atoms with van der Waals surface area (Å²) in [7, 11) is 0. The molecular weight excluding hydrogens is 264 g/mol. The molecule has 0 atom stereocenters.